The molecule has 3 aromatic rings. The minimum atomic E-state index is 0. The highest BCUT2D eigenvalue weighted by Crippen LogP contribution is 2.17. The molecule has 1 aromatic heterocycles. The lowest BCUT2D eigenvalue weighted by molar-refractivity contribution is 0.125. The van der Waals surface area contributed by atoms with E-state index in [1.165, 1.54) is 5.56 Å². The van der Waals surface area contributed by atoms with Gasteiger partial charge in [-0.25, -0.2) is 4.98 Å². The zero-order valence-electron chi connectivity index (χ0n) is 15.8. The molecule has 0 fully saturated rings. The average molecular weight is 492 g/mol. The highest BCUT2D eigenvalue weighted by atomic mass is 127. The van der Waals surface area contributed by atoms with Crippen LogP contribution in [0.2, 0.25) is 0 Å². The van der Waals surface area contributed by atoms with Crippen molar-refractivity contribution in [3.63, 3.8) is 0 Å². The van der Waals surface area contributed by atoms with Crippen molar-refractivity contribution < 1.29 is 9.15 Å². The molecule has 2 aromatic carbocycles. The highest BCUT2D eigenvalue weighted by molar-refractivity contribution is 14.0. The SMILES string of the molecule is CN=C(NCCOCc1ccccc1)NCc1coc(-c2ccccc2)n1.I. The first-order chi connectivity index (χ1) is 13.3. The molecule has 7 heteroatoms. The fraction of sp³-hybridized carbons (Fsp3) is 0.238. The Bertz CT molecular complexity index is 838. The predicted molar refractivity (Wildman–Crippen MR) is 122 cm³/mol. The lowest BCUT2D eigenvalue weighted by atomic mass is 10.2. The van der Waals surface area contributed by atoms with Crippen LogP contribution in [0.5, 0.6) is 0 Å². The molecule has 0 unspecified atom stereocenters. The standard InChI is InChI=1S/C21H24N4O2.HI/c1-22-21(23-12-13-26-15-17-8-4-2-5-9-17)24-14-19-16-27-20(25-19)18-10-6-3-7-11-18;/h2-11,16H,12-15H2,1H3,(H2,22,23,24);1H. The minimum Gasteiger partial charge on any atom is -0.444 e. The van der Waals surface area contributed by atoms with E-state index in [9.17, 15) is 0 Å². The zero-order chi connectivity index (χ0) is 18.7. The van der Waals surface area contributed by atoms with E-state index in [4.69, 9.17) is 9.15 Å². The van der Waals surface area contributed by atoms with Crippen LogP contribution in [0.4, 0.5) is 0 Å². The largest absolute Gasteiger partial charge is 0.444 e. The number of guanidine groups is 1. The van der Waals surface area contributed by atoms with Gasteiger partial charge in [-0.05, 0) is 17.7 Å². The van der Waals surface area contributed by atoms with Crippen LogP contribution in [0.3, 0.4) is 0 Å². The molecule has 0 aliphatic heterocycles. The number of hydrogen-bond donors (Lipinski definition) is 2. The number of nitrogens with one attached hydrogen (secondary N) is 2. The van der Waals surface area contributed by atoms with Gasteiger partial charge in [0.2, 0.25) is 5.89 Å². The van der Waals surface area contributed by atoms with Gasteiger partial charge in [-0.2, -0.15) is 0 Å². The van der Waals surface area contributed by atoms with Gasteiger partial charge in [-0.3, -0.25) is 4.99 Å². The van der Waals surface area contributed by atoms with Gasteiger partial charge >= 0.3 is 0 Å². The Hall–Kier alpha value is -2.39. The lowest BCUT2D eigenvalue weighted by Gasteiger charge is -2.11. The maximum absolute atomic E-state index is 5.66. The first kappa shape index (κ1) is 21.9. The molecule has 148 valence electrons. The van der Waals surface area contributed by atoms with Crippen molar-refractivity contribution in [2.24, 2.45) is 4.99 Å². The topological polar surface area (TPSA) is 71.7 Å². The quantitative estimate of drug-likeness (QED) is 0.217. The molecule has 0 amide bonds. The Labute approximate surface area is 182 Å². The van der Waals surface area contributed by atoms with Crippen LogP contribution in [0.15, 0.2) is 76.3 Å². The van der Waals surface area contributed by atoms with E-state index in [-0.39, 0.29) is 24.0 Å². The van der Waals surface area contributed by atoms with E-state index in [0.29, 0.717) is 38.2 Å². The van der Waals surface area contributed by atoms with Crippen molar-refractivity contribution >= 4 is 29.9 Å². The Morgan fingerprint density at radius 2 is 1.75 bits per heavy atom. The van der Waals surface area contributed by atoms with Crippen LogP contribution in [-0.4, -0.2) is 31.1 Å². The van der Waals surface area contributed by atoms with Crippen LogP contribution in [-0.2, 0) is 17.9 Å². The number of aromatic nitrogens is 1. The van der Waals surface area contributed by atoms with Gasteiger partial charge in [0.05, 0.1) is 25.5 Å². The predicted octanol–water partition coefficient (Wildman–Crippen LogP) is 3.84. The molecule has 0 atom stereocenters. The summed E-state index contributed by atoms with van der Waals surface area (Å²) in [4.78, 5) is 8.70. The number of oxazole rings is 1. The van der Waals surface area contributed by atoms with E-state index in [1.54, 1.807) is 13.3 Å². The van der Waals surface area contributed by atoms with Crippen LogP contribution in [0, 0.1) is 0 Å². The molecule has 0 aliphatic rings. The first-order valence-corrected chi connectivity index (χ1v) is 8.91. The summed E-state index contributed by atoms with van der Waals surface area (Å²) in [7, 11) is 1.73. The van der Waals surface area contributed by atoms with E-state index in [1.807, 2.05) is 48.5 Å². The summed E-state index contributed by atoms with van der Waals surface area (Å²) in [5.74, 6) is 1.31. The second-order valence-electron chi connectivity index (χ2n) is 5.90. The monoisotopic (exact) mass is 492 g/mol. The second kappa shape index (κ2) is 12.1. The molecule has 0 bridgehead atoms. The number of rotatable bonds is 8. The van der Waals surface area contributed by atoms with Crippen molar-refractivity contribution in [3.8, 4) is 11.5 Å². The first-order valence-electron chi connectivity index (χ1n) is 8.91. The maximum atomic E-state index is 5.66. The fourth-order valence-corrected chi connectivity index (χ4v) is 2.50. The Morgan fingerprint density at radius 1 is 1.04 bits per heavy atom. The molecule has 6 nitrogen and oxygen atoms in total. The lowest BCUT2D eigenvalue weighted by Crippen LogP contribution is -2.38. The van der Waals surface area contributed by atoms with Crippen molar-refractivity contribution in [1.29, 1.82) is 0 Å². The van der Waals surface area contributed by atoms with E-state index in [0.717, 1.165) is 11.3 Å². The molecule has 0 radical (unpaired) electrons. The number of benzene rings is 2. The van der Waals surface area contributed by atoms with Crippen molar-refractivity contribution in [2.45, 2.75) is 13.2 Å². The molecule has 3 rings (SSSR count). The summed E-state index contributed by atoms with van der Waals surface area (Å²) in [5, 5.41) is 6.44. The van der Waals surface area contributed by atoms with Gasteiger partial charge in [-0.15, -0.1) is 24.0 Å². The highest BCUT2D eigenvalue weighted by Gasteiger charge is 2.06. The molecule has 28 heavy (non-hydrogen) atoms. The van der Waals surface area contributed by atoms with E-state index in [2.05, 4.69) is 32.7 Å². The number of halogens is 1. The van der Waals surface area contributed by atoms with Crippen molar-refractivity contribution in [2.75, 3.05) is 20.2 Å². The minimum absolute atomic E-state index is 0. The number of aliphatic imine (C=N–C) groups is 1. The molecule has 0 saturated heterocycles. The molecular formula is C21H25IN4O2. The normalized spacial score (nSPS) is 11.0. The summed E-state index contributed by atoms with van der Waals surface area (Å²) in [5.41, 5.74) is 2.94. The van der Waals surface area contributed by atoms with Gasteiger partial charge in [-0.1, -0.05) is 48.5 Å². The Kier molecular flexibility index (Phi) is 9.50. The summed E-state index contributed by atoms with van der Waals surface area (Å²) >= 11 is 0. The maximum Gasteiger partial charge on any atom is 0.226 e. The van der Waals surface area contributed by atoms with Crippen molar-refractivity contribution in [3.05, 3.63) is 78.2 Å². The molecule has 2 N–H and O–H groups in total. The van der Waals surface area contributed by atoms with Gasteiger partial charge in [0.15, 0.2) is 5.96 Å². The Balaban J connectivity index is 0.00000280. The summed E-state index contributed by atoms with van der Waals surface area (Å²) in [6.07, 6.45) is 1.66. The Morgan fingerprint density at radius 3 is 2.46 bits per heavy atom. The summed E-state index contributed by atoms with van der Waals surface area (Å²) in [6, 6.07) is 20.0. The van der Waals surface area contributed by atoms with Crippen molar-refractivity contribution in [1.82, 2.24) is 15.6 Å². The second-order valence-corrected chi connectivity index (χ2v) is 5.90. The average Bonchev–Trinajstić information content (AvgIpc) is 3.20. The van der Waals surface area contributed by atoms with E-state index >= 15 is 0 Å². The van der Waals surface area contributed by atoms with Gasteiger partial charge in [0.25, 0.3) is 0 Å². The third kappa shape index (κ3) is 6.97. The fourth-order valence-electron chi connectivity index (χ4n) is 2.50. The number of nitrogens with zero attached hydrogens (tertiary/aromatic N) is 2. The van der Waals surface area contributed by atoms with E-state index < -0.39 is 0 Å². The smallest absolute Gasteiger partial charge is 0.226 e. The van der Waals surface area contributed by atoms with Crippen LogP contribution < -0.4 is 10.6 Å². The number of hydrogen-bond acceptors (Lipinski definition) is 4. The summed E-state index contributed by atoms with van der Waals surface area (Å²) < 4.78 is 11.2. The molecular weight excluding hydrogens is 467 g/mol. The summed E-state index contributed by atoms with van der Waals surface area (Å²) in [6.45, 7) is 2.40. The van der Waals surface area contributed by atoms with Crippen LogP contribution in [0.1, 0.15) is 11.3 Å². The van der Waals surface area contributed by atoms with Gasteiger partial charge in [0.1, 0.15) is 6.26 Å². The zero-order valence-corrected chi connectivity index (χ0v) is 18.1. The number of ether oxygens (including phenoxy) is 1. The van der Waals surface area contributed by atoms with Gasteiger partial charge < -0.3 is 19.8 Å². The van der Waals surface area contributed by atoms with Crippen LogP contribution >= 0.6 is 24.0 Å². The molecule has 1 heterocycles. The molecule has 0 spiro atoms. The third-order valence-corrected chi connectivity index (χ3v) is 3.88. The molecule has 0 saturated carbocycles. The van der Waals surface area contributed by atoms with Crippen LogP contribution in [0.25, 0.3) is 11.5 Å². The third-order valence-electron chi connectivity index (χ3n) is 3.88. The molecule has 0 aliphatic carbocycles. The van der Waals surface area contributed by atoms with Gasteiger partial charge in [0, 0.05) is 19.2 Å².